The highest BCUT2D eigenvalue weighted by Crippen LogP contribution is 2.54. The quantitative estimate of drug-likeness (QED) is 0.231. The van der Waals surface area contributed by atoms with Gasteiger partial charge in [0.2, 0.25) is 11.8 Å². The first-order chi connectivity index (χ1) is 30.8. The number of aromatic nitrogens is 2. The summed E-state index contributed by atoms with van der Waals surface area (Å²) in [5.74, 6) is 1.04. The van der Waals surface area contributed by atoms with Crippen molar-refractivity contribution in [2.45, 2.75) is 128 Å². The minimum Gasteiger partial charge on any atom is -0.371 e. The summed E-state index contributed by atoms with van der Waals surface area (Å²) >= 11 is 0. The van der Waals surface area contributed by atoms with Crippen LogP contribution in [-0.4, -0.2) is 112 Å². The lowest BCUT2D eigenvalue weighted by molar-refractivity contribution is -0.136. The summed E-state index contributed by atoms with van der Waals surface area (Å²) in [4.78, 5) is 59.3. The molecule has 0 bridgehead atoms. The van der Waals surface area contributed by atoms with Crippen LogP contribution < -0.4 is 15.1 Å². The zero-order chi connectivity index (χ0) is 44.0. The highest BCUT2D eigenvalue weighted by atomic mass is 19.1. The Kier molecular flexibility index (Phi) is 10.5. The average Bonchev–Trinajstić information content (AvgIpc) is 3.80. The van der Waals surface area contributed by atoms with E-state index in [2.05, 4.69) is 68.2 Å². The van der Waals surface area contributed by atoms with E-state index in [4.69, 9.17) is 9.97 Å². The topological polar surface area (TPSA) is 105 Å². The number of carbonyl (C=O) groups is 3. The van der Waals surface area contributed by atoms with Gasteiger partial charge < -0.3 is 19.6 Å². The van der Waals surface area contributed by atoms with E-state index in [0.717, 1.165) is 62.0 Å². The van der Waals surface area contributed by atoms with Gasteiger partial charge in [-0.05, 0) is 167 Å². The summed E-state index contributed by atoms with van der Waals surface area (Å²) in [6, 6.07) is 14.5. The summed E-state index contributed by atoms with van der Waals surface area (Å²) in [6.45, 7) is 14.2. The number of nitrogens with one attached hydrogen (secondary N) is 1. The van der Waals surface area contributed by atoms with Gasteiger partial charge in [-0.15, -0.1) is 0 Å². The van der Waals surface area contributed by atoms with Gasteiger partial charge in [-0.25, -0.2) is 9.37 Å². The van der Waals surface area contributed by atoms with E-state index in [9.17, 15) is 14.4 Å². The van der Waals surface area contributed by atoms with Crippen molar-refractivity contribution in [3.8, 4) is 0 Å². The second kappa shape index (κ2) is 16.0. The maximum atomic E-state index is 15.3. The van der Waals surface area contributed by atoms with Crippen LogP contribution in [0.25, 0.3) is 5.57 Å². The van der Waals surface area contributed by atoms with Crippen molar-refractivity contribution in [2.75, 3.05) is 62.2 Å². The highest BCUT2D eigenvalue weighted by Gasteiger charge is 2.48. The molecule has 2 spiro atoms. The maximum Gasteiger partial charge on any atom is 0.255 e. The molecule has 5 fully saturated rings. The van der Waals surface area contributed by atoms with Gasteiger partial charge in [0.15, 0.2) is 0 Å². The van der Waals surface area contributed by atoms with E-state index in [1.54, 1.807) is 18.7 Å². The molecule has 1 saturated carbocycles. The third-order valence-corrected chi connectivity index (χ3v) is 17.1. The normalized spacial score (nSPS) is 27.2. The molecule has 4 saturated heterocycles. The van der Waals surface area contributed by atoms with Crippen molar-refractivity contribution in [3.63, 3.8) is 0 Å². The summed E-state index contributed by atoms with van der Waals surface area (Å²) in [5.41, 5.74) is 8.87. The number of anilines is 2. The van der Waals surface area contributed by atoms with Gasteiger partial charge in [-0.2, -0.15) is 0 Å². The summed E-state index contributed by atoms with van der Waals surface area (Å²) in [7, 11) is 0. The first-order valence-corrected chi connectivity index (χ1v) is 24.4. The van der Waals surface area contributed by atoms with E-state index in [0.29, 0.717) is 35.9 Å². The predicted octanol–water partition coefficient (Wildman–Crippen LogP) is 7.51. The molecular formula is C52H65FN8O3. The average molecular weight is 869 g/mol. The van der Waals surface area contributed by atoms with Gasteiger partial charge >= 0.3 is 0 Å². The standard InChI is InChI=1S/C52H65FN8O3/c1-34-24-41-39-7-5-4-6-36(39)26-42(41)47(61(34)33-50(2,3)53)43-29-55-45(30-54-43)59-22-16-52(17-23-59)27-35(28-52)31-57-18-12-51(13-19-57)14-20-58(21-15-51)38-8-9-40-37(25-38)32-60(49(40)64)44-10-11-46(62)56-48(44)63/h4-9,25,29-30,34-35,44,47H,10-24,26-28,31-33H2,1-3H3,(H,56,62,63)/t34-,44?,47+/m1/s1. The Morgan fingerprint density at radius 3 is 2.27 bits per heavy atom. The molecule has 12 heteroatoms. The van der Waals surface area contributed by atoms with E-state index in [1.807, 2.05) is 18.5 Å². The summed E-state index contributed by atoms with van der Waals surface area (Å²) < 4.78 is 15.3. The lowest BCUT2D eigenvalue weighted by Gasteiger charge is -2.54. The van der Waals surface area contributed by atoms with Crippen molar-refractivity contribution < 1.29 is 18.8 Å². The molecule has 0 radical (unpaired) electrons. The number of nitrogens with zero attached hydrogens (tertiary/aromatic N) is 7. The van der Waals surface area contributed by atoms with Crippen LogP contribution in [0.5, 0.6) is 0 Å². The molecule has 11 nitrogen and oxygen atoms in total. The van der Waals surface area contributed by atoms with E-state index in [1.165, 1.54) is 99.0 Å². The van der Waals surface area contributed by atoms with Crippen LogP contribution in [0.2, 0.25) is 0 Å². The van der Waals surface area contributed by atoms with Crippen molar-refractivity contribution in [3.05, 3.63) is 88.4 Å². The van der Waals surface area contributed by atoms with Crippen molar-refractivity contribution in [1.29, 1.82) is 0 Å². The first kappa shape index (κ1) is 42.0. The van der Waals surface area contributed by atoms with Gasteiger partial charge in [0.25, 0.3) is 5.91 Å². The number of alkyl halides is 1. The number of fused-ring (bicyclic) bond motifs is 3. The number of hydrogen-bond acceptors (Lipinski definition) is 9. The summed E-state index contributed by atoms with van der Waals surface area (Å²) in [6.07, 6.45) is 16.6. The molecule has 2 aromatic carbocycles. The lowest BCUT2D eigenvalue weighted by Crippen LogP contribution is -2.52. The van der Waals surface area contributed by atoms with Crippen molar-refractivity contribution in [1.82, 2.24) is 30.0 Å². The molecule has 1 unspecified atom stereocenters. The second-order valence-corrected chi connectivity index (χ2v) is 21.8. The molecule has 1 N–H and O–H groups in total. The minimum absolute atomic E-state index is 0.0714. The highest BCUT2D eigenvalue weighted by molar-refractivity contribution is 6.05. The van der Waals surface area contributed by atoms with E-state index in [-0.39, 0.29) is 36.2 Å². The van der Waals surface area contributed by atoms with Crippen LogP contribution in [-0.2, 0) is 22.6 Å². The first-order valence-electron chi connectivity index (χ1n) is 24.4. The van der Waals surface area contributed by atoms with Crippen LogP contribution in [0.3, 0.4) is 0 Å². The van der Waals surface area contributed by atoms with Crippen LogP contribution in [0.15, 0.2) is 60.4 Å². The van der Waals surface area contributed by atoms with Crippen molar-refractivity contribution in [2.24, 2.45) is 16.7 Å². The molecule has 3 atom stereocenters. The van der Waals surface area contributed by atoms with Crippen LogP contribution in [0.1, 0.15) is 130 Å². The van der Waals surface area contributed by atoms with E-state index >= 15 is 4.39 Å². The number of amides is 3. The molecule has 11 rings (SSSR count). The molecule has 6 aliphatic heterocycles. The number of halogens is 1. The smallest absolute Gasteiger partial charge is 0.255 e. The Bertz CT molecular complexity index is 2340. The Balaban J connectivity index is 0.642. The van der Waals surface area contributed by atoms with Gasteiger partial charge in [0.05, 0.1) is 24.1 Å². The molecular weight excluding hydrogens is 804 g/mol. The number of carbonyl (C=O) groups excluding carboxylic acids is 3. The molecule has 64 heavy (non-hydrogen) atoms. The third-order valence-electron chi connectivity index (χ3n) is 17.1. The zero-order valence-electron chi connectivity index (χ0n) is 38.1. The predicted molar refractivity (Wildman–Crippen MR) is 246 cm³/mol. The fourth-order valence-corrected chi connectivity index (χ4v) is 13.5. The Hall–Kier alpha value is -4.68. The second-order valence-electron chi connectivity index (χ2n) is 21.8. The third kappa shape index (κ3) is 7.73. The number of rotatable bonds is 8. The molecule has 2 aliphatic carbocycles. The molecule has 8 aliphatic rings. The molecule has 3 aromatic rings. The Morgan fingerprint density at radius 2 is 1.55 bits per heavy atom. The van der Waals surface area contributed by atoms with Crippen LogP contribution in [0, 0.1) is 16.7 Å². The fraction of sp³-hybridized carbons (Fsp3) is 0.596. The SMILES string of the molecule is C[C@@H]1CC2=C(Cc3ccccc32)[C@@H](c2cnc(N3CCC4(CC3)CC(CN3CCC5(CC3)CCN(c3ccc6c(c3)CN(C3CCC(=O)NC3=O)C6=O)CC5)C4)cn2)N1CC(C)(C)F. The largest absolute Gasteiger partial charge is 0.371 e. The minimum atomic E-state index is -1.31. The number of likely N-dealkylation sites (tertiary alicyclic amines) is 1. The zero-order valence-corrected chi connectivity index (χ0v) is 38.1. The van der Waals surface area contributed by atoms with E-state index < -0.39 is 11.7 Å². The van der Waals surface area contributed by atoms with Crippen LogP contribution >= 0.6 is 0 Å². The number of piperidine rings is 4. The Labute approximate surface area is 377 Å². The monoisotopic (exact) mass is 869 g/mol. The lowest BCUT2D eigenvalue weighted by atomic mass is 9.57. The number of imide groups is 1. The van der Waals surface area contributed by atoms with Gasteiger partial charge in [0, 0.05) is 69.5 Å². The molecule has 1 aromatic heterocycles. The molecule has 3 amide bonds. The maximum absolute atomic E-state index is 15.3. The van der Waals surface area contributed by atoms with Gasteiger partial charge in [0.1, 0.15) is 17.5 Å². The van der Waals surface area contributed by atoms with Gasteiger partial charge in [-0.1, -0.05) is 24.3 Å². The fourth-order valence-electron chi connectivity index (χ4n) is 13.5. The molecule has 338 valence electrons. The molecule has 7 heterocycles. The van der Waals surface area contributed by atoms with Crippen molar-refractivity contribution >= 4 is 34.8 Å². The number of benzene rings is 2. The van der Waals surface area contributed by atoms with Gasteiger partial charge in [-0.3, -0.25) is 29.6 Å². The van der Waals surface area contributed by atoms with Crippen LogP contribution in [0.4, 0.5) is 15.9 Å². The number of hydrogen-bond donors (Lipinski definition) is 1. The summed E-state index contributed by atoms with van der Waals surface area (Å²) in [5, 5.41) is 2.40. The Morgan fingerprint density at radius 1 is 0.828 bits per heavy atom.